The highest BCUT2D eigenvalue weighted by molar-refractivity contribution is 6.24. The molecule has 2 aromatic heterocycles. The third-order valence-corrected chi connectivity index (χ3v) is 11.6. The normalized spacial score (nSPS) is 15.4. The van der Waals surface area contributed by atoms with E-state index in [1.54, 1.807) is 0 Å². The summed E-state index contributed by atoms with van der Waals surface area (Å²) in [6.07, 6.45) is 16.7. The lowest BCUT2D eigenvalue weighted by molar-refractivity contribution is 0.674. The van der Waals surface area contributed by atoms with Crippen LogP contribution in [0.25, 0.3) is 88.4 Å². The Bertz CT molecular complexity index is 3160. The average molecular weight is 731 g/mol. The molecule has 3 nitrogen and oxygen atoms in total. The molecule has 0 amide bonds. The van der Waals surface area contributed by atoms with Crippen LogP contribution in [0, 0.1) is 0 Å². The maximum absolute atomic E-state index is 6.93. The van der Waals surface area contributed by atoms with E-state index in [9.17, 15) is 0 Å². The molecular formula is C54H38N2O. The third kappa shape index (κ3) is 6.00. The number of aromatic nitrogens is 2. The highest BCUT2D eigenvalue weighted by Gasteiger charge is 2.20. The molecule has 57 heavy (non-hydrogen) atoms. The minimum atomic E-state index is 0.108. The standard InChI is InChI=1S/C54H38N2O/c1-3-13-35(14-4-1)39-18-9-21-42(31-39)49-34-50(43-22-10-19-40(32-43)36-15-5-2-6-16-36)56-54(55-49)44-23-11-20-41(33-44)46-25-12-26-47-48-30-29-38-28-27-37-17-7-8-24-45(37)51(38)53(48)57-52(46)47/h1,3-5,7-20,22-34,42H,2,6,21H2. The lowest BCUT2D eigenvalue weighted by atomic mass is 9.89. The summed E-state index contributed by atoms with van der Waals surface area (Å²) in [6.45, 7) is 0. The molecule has 3 heteroatoms. The Labute approximate surface area is 331 Å². The summed E-state index contributed by atoms with van der Waals surface area (Å²) in [7, 11) is 0. The van der Waals surface area contributed by atoms with Crippen LogP contribution >= 0.6 is 0 Å². The summed E-state index contributed by atoms with van der Waals surface area (Å²) in [5.41, 5.74) is 12.8. The van der Waals surface area contributed by atoms with Crippen LogP contribution in [0.3, 0.4) is 0 Å². The first-order valence-corrected chi connectivity index (χ1v) is 19.9. The Morgan fingerprint density at radius 3 is 2.12 bits per heavy atom. The van der Waals surface area contributed by atoms with Gasteiger partial charge < -0.3 is 4.42 Å². The van der Waals surface area contributed by atoms with E-state index >= 15 is 0 Å². The van der Waals surface area contributed by atoms with Gasteiger partial charge in [-0.25, -0.2) is 9.97 Å². The van der Waals surface area contributed by atoms with Gasteiger partial charge in [-0.15, -0.1) is 0 Å². The smallest absolute Gasteiger partial charge is 0.160 e. The monoisotopic (exact) mass is 730 g/mol. The molecule has 2 aliphatic rings. The van der Waals surface area contributed by atoms with Gasteiger partial charge in [0.1, 0.15) is 11.2 Å². The van der Waals surface area contributed by atoms with Crippen molar-refractivity contribution in [2.24, 2.45) is 0 Å². The van der Waals surface area contributed by atoms with Crippen LogP contribution in [0.1, 0.15) is 42.0 Å². The molecule has 0 radical (unpaired) electrons. The second-order valence-electron chi connectivity index (χ2n) is 15.1. The number of nitrogens with zero attached hydrogens (tertiary/aromatic N) is 2. The van der Waals surface area contributed by atoms with Crippen molar-refractivity contribution < 1.29 is 4.42 Å². The quantitative estimate of drug-likeness (QED) is 0.160. The van der Waals surface area contributed by atoms with E-state index in [2.05, 4.69) is 188 Å². The lowest BCUT2D eigenvalue weighted by Crippen LogP contribution is -2.05. The molecule has 270 valence electrons. The topological polar surface area (TPSA) is 38.9 Å². The number of benzene rings is 7. The molecular weight excluding hydrogens is 693 g/mol. The zero-order chi connectivity index (χ0) is 37.7. The van der Waals surface area contributed by atoms with Crippen molar-refractivity contribution in [3.8, 4) is 33.8 Å². The van der Waals surface area contributed by atoms with Crippen LogP contribution in [-0.4, -0.2) is 9.97 Å². The molecule has 2 heterocycles. The molecule has 2 aliphatic carbocycles. The fourth-order valence-electron chi connectivity index (χ4n) is 8.73. The van der Waals surface area contributed by atoms with Gasteiger partial charge in [-0.3, -0.25) is 0 Å². The molecule has 9 aromatic rings. The van der Waals surface area contributed by atoms with E-state index < -0.39 is 0 Å². The molecule has 0 bridgehead atoms. The molecule has 0 saturated heterocycles. The van der Waals surface area contributed by atoms with E-state index in [0.29, 0.717) is 5.82 Å². The Balaban J connectivity index is 1.06. The third-order valence-electron chi connectivity index (χ3n) is 11.6. The predicted molar refractivity (Wildman–Crippen MR) is 238 cm³/mol. The Morgan fingerprint density at radius 1 is 0.491 bits per heavy atom. The van der Waals surface area contributed by atoms with Crippen LogP contribution in [0.4, 0.5) is 0 Å². The number of hydrogen-bond donors (Lipinski definition) is 0. The predicted octanol–water partition coefficient (Wildman–Crippen LogP) is 14.5. The van der Waals surface area contributed by atoms with Gasteiger partial charge in [-0.2, -0.15) is 0 Å². The first-order chi connectivity index (χ1) is 28.2. The number of furan rings is 1. The van der Waals surface area contributed by atoms with E-state index in [1.807, 2.05) is 0 Å². The summed E-state index contributed by atoms with van der Waals surface area (Å²) in [4.78, 5) is 10.7. The summed E-state index contributed by atoms with van der Waals surface area (Å²) >= 11 is 0. The fraction of sp³-hybridized carbons (Fsp3) is 0.0741. The van der Waals surface area contributed by atoms with Gasteiger partial charge in [0.05, 0.1) is 11.4 Å². The largest absolute Gasteiger partial charge is 0.455 e. The zero-order valence-corrected chi connectivity index (χ0v) is 31.4. The average Bonchev–Trinajstić information content (AvgIpc) is 3.69. The van der Waals surface area contributed by atoms with Crippen molar-refractivity contribution in [2.75, 3.05) is 0 Å². The zero-order valence-electron chi connectivity index (χ0n) is 31.4. The number of para-hydroxylation sites is 1. The maximum Gasteiger partial charge on any atom is 0.160 e. The summed E-state index contributed by atoms with van der Waals surface area (Å²) < 4.78 is 6.93. The summed E-state index contributed by atoms with van der Waals surface area (Å²) in [5, 5.41) is 6.97. The SMILES string of the molecule is C1=CC(c2cccc(-c3cc(C4C=C(c5ccccc5)C=CC4)nc(-c4cccc(-c5cccc6c5oc5c6ccc6ccc7ccccc7c65)c4)n3)c2)=CCC1. The van der Waals surface area contributed by atoms with E-state index in [-0.39, 0.29) is 5.92 Å². The van der Waals surface area contributed by atoms with Gasteiger partial charge in [-0.1, -0.05) is 164 Å². The Hall–Kier alpha value is -7.10. The van der Waals surface area contributed by atoms with Crippen LogP contribution in [0.2, 0.25) is 0 Å². The minimum Gasteiger partial charge on any atom is -0.455 e. The van der Waals surface area contributed by atoms with E-state index in [4.69, 9.17) is 14.4 Å². The Kier molecular flexibility index (Phi) is 8.10. The second kappa shape index (κ2) is 13.9. The number of fused-ring (bicyclic) bond motifs is 7. The van der Waals surface area contributed by atoms with Crippen molar-refractivity contribution in [2.45, 2.75) is 25.2 Å². The van der Waals surface area contributed by atoms with Gasteiger partial charge in [0.2, 0.25) is 0 Å². The van der Waals surface area contributed by atoms with Gasteiger partial charge in [0, 0.05) is 38.8 Å². The highest BCUT2D eigenvalue weighted by Crippen LogP contribution is 2.42. The number of hydrogen-bond acceptors (Lipinski definition) is 3. The molecule has 1 unspecified atom stereocenters. The molecule has 0 saturated carbocycles. The Morgan fingerprint density at radius 2 is 1.21 bits per heavy atom. The molecule has 7 aromatic carbocycles. The minimum absolute atomic E-state index is 0.108. The van der Waals surface area contributed by atoms with Crippen molar-refractivity contribution >= 4 is 54.6 Å². The first-order valence-electron chi connectivity index (χ1n) is 19.9. The summed E-state index contributed by atoms with van der Waals surface area (Å²) in [6, 6.07) is 54.1. The highest BCUT2D eigenvalue weighted by atomic mass is 16.3. The van der Waals surface area contributed by atoms with Crippen LogP contribution in [0.5, 0.6) is 0 Å². The van der Waals surface area contributed by atoms with Gasteiger partial charge >= 0.3 is 0 Å². The summed E-state index contributed by atoms with van der Waals surface area (Å²) in [5.74, 6) is 0.821. The fourth-order valence-corrected chi connectivity index (χ4v) is 8.73. The van der Waals surface area contributed by atoms with E-state index in [0.717, 1.165) is 80.2 Å². The number of allylic oxidation sites excluding steroid dienone is 8. The second-order valence-corrected chi connectivity index (χ2v) is 15.1. The molecule has 0 aliphatic heterocycles. The van der Waals surface area contributed by atoms with Crippen molar-refractivity contribution in [3.05, 3.63) is 205 Å². The van der Waals surface area contributed by atoms with Gasteiger partial charge in [0.25, 0.3) is 0 Å². The molecule has 1 atom stereocenters. The van der Waals surface area contributed by atoms with Gasteiger partial charge in [0.15, 0.2) is 5.82 Å². The molecule has 0 N–H and O–H groups in total. The van der Waals surface area contributed by atoms with Crippen LogP contribution < -0.4 is 0 Å². The molecule has 11 rings (SSSR count). The van der Waals surface area contributed by atoms with Crippen LogP contribution in [-0.2, 0) is 0 Å². The van der Waals surface area contributed by atoms with E-state index in [1.165, 1.54) is 38.4 Å². The van der Waals surface area contributed by atoms with Gasteiger partial charge in [-0.05, 0) is 87.5 Å². The maximum atomic E-state index is 6.93. The van der Waals surface area contributed by atoms with Crippen LogP contribution in [0.15, 0.2) is 193 Å². The first kappa shape index (κ1) is 33.3. The van der Waals surface area contributed by atoms with Crippen molar-refractivity contribution in [1.82, 2.24) is 9.97 Å². The molecule has 0 fully saturated rings. The van der Waals surface area contributed by atoms with Crippen molar-refractivity contribution in [3.63, 3.8) is 0 Å². The van der Waals surface area contributed by atoms with Crippen molar-refractivity contribution in [1.29, 1.82) is 0 Å². The molecule has 0 spiro atoms. The number of rotatable bonds is 6. The lowest BCUT2D eigenvalue weighted by Gasteiger charge is -2.19.